The molecular formula is C18H15F2N7O2. The first-order valence-electron chi connectivity index (χ1n) is 8.19. The van der Waals surface area contributed by atoms with Crippen LogP contribution in [0.25, 0.3) is 0 Å². The molecule has 0 atom stereocenters. The monoisotopic (exact) mass is 399 g/mol. The maximum atomic E-state index is 13.6. The number of amides is 2. The summed E-state index contributed by atoms with van der Waals surface area (Å²) in [6.07, 6.45) is 1.10. The van der Waals surface area contributed by atoms with Crippen molar-refractivity contribution in [2.24, 2.45) is 0 Å². The Morgan fingerprint density at radius 3 is 1.59 bits per heavy atom. The molecule has 0 bridgehead atoms. The van der Waals surface area contributed by atoms with Gasteiger partial charge < -0.3 is 5.73 Å². The van der Waals surface area contributed by atoms with Gasteiger partial charge >= 0.3 is 0 Å². The van der Waals surface area contributed by atoms with E-state index in [-0.39, 0.29) is 28.5 Å². The van der Waals surface area contributed by atoms with Crippen molar-refractivity contribution >= 4 is 29.1 Å². The van der Waals surface area contributed by atoms with Crippen LogP contribution in [0.2, 0.25) is 0 Å². The Balaban J connectivity index is 1.65. The molecule has 148 valence electrons. The Morgan fingerprint density at radius 1 is 0.759 bits per heavy atom. The summed E-state index contributed by atoms with van der Waals surface area (Å²) in [6, 6.07) is 10.8. The molecule has 0 fully saturated rings. The second-order valence-corrected chi connectivity index (χ2v) is 5.60. The molecule has 2 aromatic carbocycles. The van der Waals surface area contributed by atoms with Crippen LogP contribution in [-0.4, -0.2) is 21.8 Å². The maximum absolute atomic E-state index is 13.6. The Hall–Kier alpha value is -4.28. The van der Waals surface area contributed by atoms with Crippen LogP contribution in [0, 0.1) is 11.6 Å². The van der Waals surface area contributed by atoms with Crippen LogP contribution >= 0.6 is 0 Å². The van der Waals surface area contributed by atoms with Crippen molar-refractivity contribution in [1.29, 1.82) is 0 Å². The molecule has 9 nitrogen and oxygen atoms in total. The highest BCUT2D eigenvalue weighted by Crippen LogP contribution is 2.21. The fourth-order valence-corrected chi connectivity index (χ4v) is 2.25. The van der Waals surface area contributed by atoms with Crippen LogP contribution in [0.5, 0.6) is 0 Å². The fourth-order valence-electron chi connectivity index (χ4n) is 2.25. The molecule has 0 saturated carbocycles. The van der Waals surface area contributed by atoms with Crippen LogP contribution in [0.3, 0.4) is 0 Å². The first-order chi connectivity index (χ1) is 14.0. The lowest BCUT2D eigenvalue weighted by atomic mass is 10.2. The van der Waals surface area contributed by atoms with Gasteiger partial charge in [0.2, 0.25) is 0 Å². The normalized spacial score (nSPS) is 10.1. The minimum Gasteiger partial charge on any atom is -0.393 e. The molecular weight excluding hydrogens is 384 g/mol. The van der Waals surface area contributed by atoms with E-state index in [4.69, 9.17) is 5.73 Å². The second-order valence-electron chi connectivity index (χ2n) is 5.60. The number of nitrogen functional groups attached to an aromatic ring is 1. The average Bonchev–Trinajstić information content (AvgIpc) is 2.72. The number of rotatable bonds is 6. The summed E-state index contributed by atoms with van der Waals surface area (Å²) in [7, 11) is 0. The SMILES string of the molecule is Nc1c(NNC(=O)c2ccccc2F)ncnc1NNC(=O)c1ccccc1F. The van der Waals surface area contributed by atoms with E-state index in [0.29, 0.717) is 0 Å². The summed E-state index contributed by atoms with van der Waals surface area (Å²) in [6.45, 7) is 0. The van der Waals surface area contributed by atoms with Gasteiger partial charge in [-0.2, -0.15) is 0 Å². The minimum absolute atomic E-state index is 0.00710. The van der Waals surface area contributed by atoms with Crippen molar-refractivity contribution in [3.8, 4) is 0 Å². The molecule has 3 aromatic rings. The molecule has 0 saturated heterocycles. The zero-order chi connectivity index (χ0) is 20.8. The molecule has 1 heterocycles. The van der Waals surface area contributed by atoms with Gasteiger partial charge in [-0.1, -0.05) is 24.3 Å². The number of hydrazine groups is 2. The summed E-state index contributed by atoms with van der Waals surface area (Å²) in [4.78, 5) is 31.8. The third-order valence-electron chi connectivity index (χ3n) is 3.71. The zero-order valence-corrected chi connectivity index (χ0v) is 14.7. The number of hydrogen-bond acceptors (Lipinski definition) is 7. The van der Waals surface area contributed by atoms with Gasteiger partial charge in [0.1, 0.15) is 23.6 Å². The summed E-state index contributed by atoms with van der Waals surface area (Å²) in [5.41, 5.74) is 14.9. The predicted molar refractivity (Wildman–Crippen MR) is 101 cm³/mol. The predicted octanol–water partition coefficient (Wildman–Crippen LogP) is 1.85. The summed E-state index contributed by atoms with van der Waals surface area (Å²) in [5.74, 6) is -2.90. The van der Waals surface area contributed by atoms with Crippen molar-refractivity contribution in [2.75, 3.05) is 16.6 Å². The van der Waals surface area contributed by atoms with Crippen molar-refractivity contribution in [3.05, 3.63) is 77.6 Å². The molecule has 0 radical (unpaired) electrons. The number of carbonyl (C=O) groups excluding carboxylic acids is 2. The quantitative estimate of drug-likeness (QED) is 0.399. The number of nitrogens with two attached hydrogens (primary N) is 1. The van der Waals surface area contributed by atoms with Gasteiger partial charge in [0.15, 0.2) is 11.6 Å². The highest BCUT2D eigenvalue weighted by Gasteiger charge is 2.14. The molecule has 0 aliphatic carbocycles. The lowest BCUT2D eigenvalue weighted by Gasteiger charge is -2.14. The molecule has 0 aliphatic rings. The number of hydrogen-bond donors (Lipinski definition) is 5. The van der Waals surface area contributed by atoms with Crippen LogP contribution in [0.4, 0.5) is 26.1 Å². The van der Waals surface area contributed by atoms with E-state index in [1.165, 1.54) is 36.4 Å². The van der Waals surface area contributed by atoms with E-state index in [9.17, 15) is 18.4 Å². The first-order valence-corrected chi connectivity index (χ1v) is 8.19. The van der Waals surface area contributed by atoms with Crippen LogP contribution in [0.1, 0.15) is 20.7 Å². The van der Waals surface area contributed by atoms with E-state index in [1.54, 1.807) is 0 Å². The van der Waals surface area contributed by atoms with Gasteiger partial charge in [-0.25, -0.2) is 18.7 Å². The van der Waals surface area contributed by atoms with Crippen molar-refractivity contribution in [2.45, 2.75) is 0 Å². The van der Waals surface area contributed by atoms with E-state index in [1.807, 2.05) is 0 Å². The number of benzene rings is 2. The van der Waals surface area contributed by atoms with Gasteiger partial charge in [-0.05, 0) is 24.3 Å². The minimum atomic E-state index is -0.747. The van der Waals surface area contributed by atoms with Crippen LogP contribution in [0.15, 0.2) is 54.9 Å². The van der Waals surface area contributed by atoms with E-state index in [0.717, 1.165) is 18.5 Å². The Labute approximate surface area is 163 Å². The molecule has 0 unspecified atom stereocenters. The molecule has 11 heteroatoms. The Morgan fingerprint density at radius 2 is 1.17 bits per heavy atom. The zero-order valence-electron chi connectivity index (χ0n) is 14.7. The lowest BCUT2D eigenvalue weighted by Crippen LogP contribution is -2.32. The van der Waals surface area contributed by atoms with Gasteiger partial charge in [-0.15, -0.1) is 0 Å². The number of aromatic nitrogens is 2. The first kappa shape index (κ1) is 19.5. The Kier molecular flexibility index (Phi) is 5.78. The second kappa shape index (κ2) is 8.61. The fraction of sp³-hybridized carbons (Fsp3) is 0. The molecule has 1 aromatic heterocycles. The largest absolute Gasteiger partial charge is 0.393 e. The third-order valence-corrected chi connectivity index (χ3v) is 3.71. The number of anilines is 3. The molecule has 0 spiro atoms. The summed E-state index contributed by atoms with van der Waals surface area (Å²) >= 11 is 0. The number of nitrogens with one attached hydrogen (secondary N) is 4. The molecule has 3 rings (SSSR count). The van der Waals surface area contributed by atoms with Gasteiger partial charge in [-0.3, -0.25) is 31.3 Å². The summed E-state index contributed by atoms with van der Waals surface area (Å²) in [5, 5.41) is 0. The lowest BCUT2D eigenvalue weighted by molar-refractivity contribution is 0.0950. The van der Waals surface area contributed by atoms with E-state index in [2.05, 4.69) is 31.7 Å². The van der Waals surface area contributed by atoms with Crippen molar-refractivity contribution < 1.29 is 18.4 Å². The molecule has 0 aliphatic heterocycles. The average molecular weight is 399 g/mol. The number of nitrogens with zero attached hydrogens (tertiary/aromatic N) is 2. The standard InChI is InChI=1S/C18H15F2N7O2/c19-12-7-3-1-5-10(12)17(28)26-24-15-14(21)16(23-9-22-15)25-27-18(29)11-6-2-4-8-13(11)20/h1-9H,21H2,(H,26,28)(H,27,29)(H2,22,23,24,25). The number of halogens is 2. The number of carbonyl (C=O) groups is 2. The van der Waals surface area contributed by atoms with Crippen LogP contribution < -0.4 is 27.4 Å². The van der Waals surface area contributed by atoms with E-state index >= 15 is 0 Å². The topological polar surface area (TPSA) is 134 Å². The maximum Gasteiger partial charge on any atom is 0.272 e. The third kappa shape index (κ3) is 4.53. The molecule has 2 amide bonds. The highest BCUT2D eigenvalue weighted by atomic mass is 19.1. The van der Waals surface area contributed by atoms with Crippen molar-refractivity contribution in [3.63, 3.8) is 0 Å². The molecule has 6 N–H and O–H groups in total. The van der Waals surface area contributed by atoms with Crippen LogP contribution in [-0.2, 0) is 0 Å². The highest BCUT2D eigenvalue weighted by molar-refractivity contribution is 5.96. The van der Waals surface area contributed by atoms with Gasteiger partial charge in [0.05, 0.1) is 11.1 Å². The van der Waals surface area contributed by atoms with Crippen molar-refractivity contribution in [1.82, 2.24) is 20.8 Å². The van der Waals surface area contributed by atoms with Gasteiger partial charge in [0.25, 0.3) is 11.8 Å². The smallest absolute Gasteiger partial charge is 0.272 e. The van der Waals surface area contributed by atoms with Gasteiger partial charge in [0, 0.05) is 0 Å². The summed E-state index contributed by atoms with van der Waals surface area (Å²) < 4.78 is 27.3. The Bertz CT molecular complexity index is 982. The molecule has 29 heavy (non-hydrogen) atoms. The van der Waals surface area contributed by atoms with E-state index < -0.39 is 23.4 Å².